The molecule has 0 aliphatic carbocycles. The fraction of sp³-hybridized carbons (Fsp3) is 0.636. The van der Waals surface area contributed by atoms with E-state index in [1.165, 1.54) is 4.68 Å². The summed E-state index contributed by atoms with van der Waals surface area (Å²) in [6.07, 6.45) is -3.52. The molecule has 0 aliphatic rings. The van der Waals surface area contributed by atoms with Gasteiger partial charge < -0.3 is 4.57 Å². The second-order valence-corrected chi connectivity index (χ2v) is 4.87. The maximum Gasteiger partial charge on any atom is 0.324 e. The maximum absolute atomic E-state index is 13.3. The Kier molecular flexibility index (Phi) is 3.95. The topological polar surface area (TPSA) is 35.6 Å². The molecule has 112 valence electrons. The first-order valence-corrected chi connectivity index (χ1v) is 6.42. The summed E-state index contributed by atoms with van der Waals surface area (Å²) >= 11 is 5.60. The minimum Gasteiger partial charge on any atom is -0.307 e. The van der Waals surface area contributed by atoms with Crippen LogP contribution in [-0.2, 0) is 20.0 Å². The molecule has 0 bridgehead atoms. The molecule has 2 rings (SSSR count). The average Bonchev–Trinajstić information content (AvgIpc) is 2.80. The van der Waals surface area contributed by atoms with Gasteiger partial charge in [0.05, 0.1) is 12.2 Å². The van der Waals surface area contributed by atoms with E-state index in [0.717, 1.165) is 4.57 Å². The SMILES string of the molecule is Cc1nn(C)c2c1nc(CCCl)n2CC(F)(F)C(F)F. The predicted octanol–water partition coefficient (Wildman–Crippen LogP) is 2.76. The van der Waals surface area contributed by atoms with Crippen molar-refractivity contribution in [3.05, 3.63) is 11.5 Å². The lowest BCUT2D eigenvalue weighted by Gasteiger charge is -2.18. The van der Waals surface area contributed by atoms with Crippen molar-refractivity contribution in [3.8, 4) is 0 Å². The summed E-state index contributed by atoms with van der Waals surface area (Å²) in [4.78, 5) is 4.18. The zero-order valence-corrected chi connectivity index (χ0v) is 11.6. The van der Waals surface area contributed by atoms with Crippen molar-refractivity contribution in [2.75, 3.05) is 5.88 Å². The van der Waals surface area contributed by atoms with E-state index < -0.39 is 18.9 Å². The highest BCUT2D eigenvalue weighted by atomic mass is 35.5. The largest absolute Gasteiger partial charge is 0.324 e. The van der Waals surface area contributed by atoms with Gasteiger partial charge in [-0.05, 0) is 6.92 Å². The molecule has 0 N–H and O–H groups in total. The van der Waals surface area contributed by atoms with Gasteiger partial charge in [0.2, 0.25) is 0 Å². The first kappa shape index (κ1) is 15.1. The second kappa shape index (κ2) is 5.23. The van der Waals surface area contributed by atoms with Crippen molar-refractivity contribution in [1.29, 1.82) is 0 Å². The molecule has 0 amide bonds. The van der Waals surface area contributed by atoms with E-state index >= 15 is 0 Å². The Bertz CT molecular complexity index is 619. The van der Waals surface area contributed by atoms with Gasteiger partial charge >= 0.3 is 12.3 Å². The number of aryl methyl sites for hydroxylation is 3. The third-order valence-corrected chi connectivity index (χ3v) is 3.16. The van der Waals surface area contributed by atoms with Crippen LogP contribution in [0.4, 0.5) is 17.6 Å². The minimum atomic E-state index is -4.13. The molecule has 2 aromatic rings. The Balaban J connectivity index is 2.56. The van der Waals surface area contributed by atoms with Crippen LogP contribution in [0.1, 0.15) is 11.5 Å². The number of fused-ring (bicyclic) bond motifs is 1. The molecule has 0 saturated carbocycles. The molecule has 0 saturated heterocycles. The molecular weight excluding hydrogens is 300 g/mol. The fourth-order valence-corrected chi connectivity index (χ4v) is 2.27. The zero-order chi connectivity index (χ0) is 15.1. The van der Waals surface area contributed by atoms with E-state index in [9.17, 15) is 17.6 Å². The van der Waals surface area contributed by atoms with Crippen molar-refractivity contribution < 1.29 is 17.6 Å². The Morgan fingerprint density at radius 1 is 1.35 bits per heavy atom. The van der Waals surface area contributed by atoms with E-state index in [-0.39, 0.29) is 18.1 Å². The second-order valence-electron chi connectivity index (χ2n) is 4.50. The van der Waals surface area contributed by atoms with Crippen LogP contribution in [0.3, 0.4) is 0 Å². The number of aromatic nitrogens is 4. The van der Waals surface area contributed by atoms with Crippen molar-refractivity contribution in [3.63, 3.8) is 0 Å². The standard InChI is InChI=1S/C11H13ClF4N4/c1-6-8-9(19(2)18-6)20(7(17-8)3-4-12)5-11(15,16)10(13)14/h10H,3-5H2,1-2H3. The number of rotatable bonds is 5. The Labute approximate surface area is 117 Å². The number of imidazole rings is 1. The molecule has 2 aromatic heterocycles. The molecule has 9 heteroatoms. The van der Waals surface area contributed by atoms with Crippen LogP contribution in [0.15, 0.2) is 0 Å². The monoisotopic (exact) mass is 312 g/mol. The van der Waals surface area contributed by atoms with Crippen molar-refractivity contribution in [1.82, 2.24) is 19.3 Å². The molecule has 0 spiro atoms. The van der Waals surface area contributed by atoms with Crippen molar-refractivity contribution in [2.45, 2.75) is 32.2 Å². The van der Waals surface area contributed by atoms with Crippen molar-refractivity contribution >= 4 is 22.8 Å². The summed E-state index contributed by atoms with van der Waals surface area (Å²) in [7, 11) is 1.55. The molecule has 4 nitrogen and oxygen atoms in total. The Morgan fingerprint density at radius 3 is 2.55 bits per heavy atom. The highest BCUT2D eigenvalue weighted by Gasteiger charge is 2.42. The van der Waals surface area contributed by atoms with Gasteiger partial charge in [-0.1, -0.05) is 0 Å². The summed E-state index contributed by atoms with van der Waals surface area (Å²) in [6.45, 7) is 0.530. The third kappa shape index (κ3) is 2.48. The van der Waals surface area contributed by atoms with Gasteiger partial charge in [0.1, 0.15) is 11.3 Å². The quantitative estimate of drug-likeness (QED) is 0.628. The molecule has 0 radical (unpaired) electrons. The molecular formula is C11H13ClF4N4. The lowest BCUT2D eigenvalue weighted by Crippen LogP contribution is -2.33. The molecule has 0 atom stereocenters. The highest BCUT2D eigenvalue weighted by Crippen LogP contribution is 2.28. The zero-order valence-electron chi connectivity index (χ0n) is 10.9. The molecule has 20 heavy (non-hydrogen) atoms. The third-order valence-electron chi connectivity index (χ3n) is 2.98. The summed E-state index contributed by atoms with van der Waals surface area (Å²) in [5, 5.41) is 4.05. The van der Waals surface area contributed by atoms with E-state index in [1.54, 1.807) is 14.0 Å². The molecule has 2 heterocycles. The van der Waals surface area contributed by atoms with Gasteiger partial charge in [-0.25, -0.2) is 13.8 Å². The van der Waals surface area contributed by atoms with Gasteiger partial charge in [-0.2, -0.15) is 13.9 Å². The Hall–Kier alpha value is -1.31. The number of hydrogen-bond acceptors (Lipinski definition) is 2. The summed E-state index contributed by atoms with van der Waals surface area (Å²) < 4.78 is 53.9. The number of alkyl halides is 5. The van der Waals surface area contributed by atoms with Crippen LogP contribution in [0.25, 0.3) is 11.2 Å². The normalized spacial score (nSPS) is 12.8. The lowest BCUT2D eigenvalue weighted by molar-refractivity contribution is -0.137. The van der Waals surface area contributed by atoms with E-state index in [2.05, 4.69) is 10.1 Å². The van der Waals surface area contributed by atoms with Crippen LogP contribution in [0, 0.1) is 6.92 Å². The van der Waals surface area contributed by atoms with E-state index in [1.807, 2.05) is 0 Å². The summed E-state index contributed by atoms with van der Waals surface area (Å²) in [5.41, 5.74) is 1.28. The van der Waals surface area contributed by atoms with Crippen LogP contribution < -0.4 is 0 Å². The maximum atomic E-state index is 13.3. The molecule has 0 unspecified atom stereocenters. The molecule has 0 aromatic carbocycles. The summed E-state index contributed by atoms with van der Waals surface area (Å²) in [5.74, 6) is -3.71. The van der Waals surface area contributed by atoms with Crippen LogP contribution in [0.5, 0.6) is 0 Å². The Morgan fingerprint density at radius 2 is 2.00 bits per heavy atom. The smallest absolute Gasteiger partial charge is 0.307 e. The van der Waals surface area contributed by atoms with Crippen LogP contribution in [-0.4, -0.2) is 37.6 Å². The van der Waals surface area contributed by atoms with E-state index in [4.69, 9.17) is 11.6 Å². The van der Waals surface area contributed by atoms with Gasteiger partial charge in [-0.15, -0.1) is 11.6 Å². The van der Waals surface area contributed by atoms with Gasteiger partial charge in [0, 0.05) is 19.3 Å². The first-order chi connectivity index (χ1) is 9.27. The number of nitrogens with zero attached hydrogens (tertiary/aromatic N) is 4. The molecule has 0 aliphatic heterocycles. The highest BCUT2D eigenvalue weighted by molar-refractivity contribution is 6.17. The minimum absolute atomic E-state index is 0.163. The van der Waals surface area contributed by atoms with Gasteiger partial charge in [0.15, 0.2) is 5.65 Å². The van der Waals surface area contributed by atoms with Gasteiger partial charge in [0.25, 0.3) is 0 Å². The van der Waals surface area contributed by atoms with Crippen LogP contribution in [0.2, 0.25) is 0 Å². The van der Waals surface area contributed by atoms with E-state index in [0.29, 0.717) is 16.9 Å². The van der Waals surface area contributed by atoms with Crippen molar-refractivity contribution in [2.24, 2.45) is 7.05 Å². The number of halogens is 5. The lowest BCUT2D eigenvalue weighted by atomic mass is 10.3. The number of hydrogen-bond donors (Lipinski definition) is 0. The predicted molar refractivity (Wildman–Crippen MR) is 66.6 cm³/mol. The molecule has 0 fully saturated rings. The van der Waals surface area contributed by atoms with Crippen LogP contribution >= 0.6 is 11.6 Å². The fourth-order valence-electron chi connectivity index (χ4n) is 2.10. The van der Waals surface area contributed by atoms with Gasteiger partial charge in [-0.3, -0.25) is 4.68 Å². The summed E-state index contributed by atoms with van der Waals surface area (Å²) in [6, 6.07) is 0. The first-order valence-electron chi connectivity index (χ1n) is 5.88. The average molecular weight is 313 g/mol.